The molecule has 0 amide bonds. The molecule has 0 aromatic heterocycles. The summed E-state index contributed by atoms with van der Waals surface area (Å²) in [5, 5.41) is 0. The lowest BCUT2D eigenvalue weighted by Gasteiger charge is -2.03. The first-order chi connectivity index (χ1) is 6.45. The summed E-state index contributed by atoms with van der Waals surface area (Å²) in [6.45, 7) is 0. The molecule has 0 saturated carbocycles. The lowest BCUT2D eigenvalue weighted by atomic mass is 9.98. The van der Waals surface area contributed by atoms with E-state index in [-0.39, 0.29) is 0 Å². The second-order valence-corrected chi connectivity index (χ2v) is 3.27. The summed E-state index contributed by atoms with van der Waals surface area (Å²) in [5.41, 5.74) is 4.81. The molecular formula is C12H9N. The van der Waals surface area contributed by atoms with Crippen LogP contribution in [0, 0.1) is 0 Å². The molecule has 1 heteroatoms. The molecule has 0 radical (unpaired) electrons. The van der Waals surface area contributed by atoms with Crippen molar-refractivity contribution in [3.8, 4) is 0 Å². The Bertz CT molecular complexity index is 450. The highest BCUT2D eigenvalue weighted by molar-refractivity contribution is 6.34. The fourth-order valence-electron chi connectivity index (χ4n) is 1.83. The Hall–Kier alpha value is -1.63. The summed E-state index contributed by atoms with van der Waals surface area (Å²) >= 11 is 0. The Morgan fingerprint density at radius 1 is 1.15 bits per heavy atom. The number of para-hydroxylation sites is 1. The number of rotatable bonds is 0. The number of nitrogens with zero attached hydrogens (tertiary/aromatic N) is 1. The first-order valence-corrected chi connectivity index (χ1v) is 4.50. The summed E-state index contributed by atoms with van der Waals surface area (Å²) in [4.78, 5) is 4.54. The Morgan fingerprint density at radius 3 is 3.08 bits per heavy atom. The first-order valence-electron chi connectivity index (χ1n) is 4.50. The van der Waals surface area contributed by atoms with Crippen LogP contribution in [0.5, 0.6) is 0 Å². The van der Waals surface area contributed by atoms with E-state index < -0.39 is 0 Å². The maximum Gasteiger partial charge on any atom is 0.0716 e. The van der Waals surface area contributed by atoms with Gasteiger partial charge < -0.3 is 0 Å². The highest BCUT2D eigenvalue weighted by Crippen LogP contribution is 2.36. The standard InChI is InChI=1S/C12H9N/c1-3-7-11-9(5-1)10-6-2-4-8-12(10)13-11/h1,3-8H,2H2. The van der Waals surface area contributed by atoms with Gasteiger partial charge in [-0.1, -0.05) is 30.4 Å². The largest absolute Gasteiger partial charge is 0.248 e. The van der Waals surface area contributed by atoms with Gasteiger partial charge in [-0.2, -0.15) is 0 Å². The summed E-state index contributed by atoms with van der Waals surface area (Å²) < 4.78 is 0. The van der Waals surface area contributed by atoms with Gasteiger partial charge in [0.15, 0.2) is 0 Å². The number of allylic oxidation sites excluding steroid dienone is 4. The van der Waals surface area contributed by atoms with Crippen LogP contribution >= 0.6 is 0 Å². The van der Waals surface area contributed by atoms with Gasteiger partial charge in [-0.25, -0.2) is 4.99 Å². The molecule has 0 bridgehead atoms. The average Bonchev–Trinajstić information content (AvgIpc) is 2.56. The van der Waals surface area contributed by atoms with Gasteiger partial charge in [0.05, 0.1) is 11.4 Å². The van der Waals surface area contributed by atoms with E-state index in [2.05, 4.69) is 41.4 Å². The lowest BCUT2D eigenvalue weighted by Crippen LogP contribution is -1.95. The molecule has 1 aromatic carbocycles. The van der Waals surface area contributed by atoms with Gasteiger partial charge in [0.25, 0.3) is 0 Å². The summed E-state index contributed by atoms with van der Waals surface area (Å²) in [5.74, 6) is 0. The molecule has 1 nitrogen and oxygen atoms in total. The van der Waals surface area contributed by atoms with Crippen molar-refractivity contribution < 1.29 is 0 Å². The van der Waals surface area contributed by atoms with E-state index in [0.29, 0.717) is 0 Å². The molecule has 2 aliphatic rings. The lowest BCUT2D eigenvalue weighted by molar-refractivity contribution is 1.39. The maximum atomic E-state index is 4.54. The van der Waals surface area contributed by atoms with Crippen molar-refractivity contribution in [1.82, 2.24) is 0 Å². The predicted octanol–water partition coefficient (Wildman–Crippen LogP) is 3.12. The molecule has 13 heavy (non-hydrogen) atoms. The van der Waals surface area contributed by atoms with E-state index in [9.17, 15) is 0 Å². The van der Waals surface area contributed by atoms with Gasteiger partial charge in [0.2, 0.25) is 0 Å². The minimum absolute atomic E-state index is 1.03. The summed E-state index contributed by atoms with van der Waals surface area (Å²) in [6, 6.07) is 8.30. The van der Waals surface area contributed by atoms with Crippen LogP contribution in [0.2, 0.25) is 0 Å². The zero-order valence-corrected chi connectivity index (χ0v) is 7.20. The molecule has 0 N–H and O–H groups in total. The molecule has 1 heterocycles. The second kappa shape index (κ2) is 2.43. The van der Waals surface area contributed by atoms with Crippen LogP contribution in [0.3, 0.4) is 0 Å². The highest BCUT2D eigenvalue weighted by atomic mass is 14.8. The Balaban J connectivity index is 2.26. The van der Waals surface area contributed by atoms with Crippen LogP contribution in [0.25, 0.3) is 5.57 Å². The van der Waals surface area contributed by atoms with Crippen molar-refractivity contribution in [1.29, 1.82) is 0 Å². The minimum atomic E-state index is 1.03. The van der Waals surface area contributed by atoms with Crippen molar-refractivity contribution in [3.63, 3.8) is 0 Å². The van der Waals surface area contributed by atoms with Crippen molar-refractivity contribution >= 4 is 17.0 Å². The van der Waals surface area contributed by atoms with E-state index in [1.54, 1.807) is 0 Å². The van der Waals surface area contributed by atoms with Crippen LogP contribution in [-0.4, -0.2) is 5.71 Å². The molecule has 1 aromatic rings. The van der Waals surface area contributed by atoms with Gasteiger partial charge in [0, 0.05) is 11.1 Å². The van der Waals surface area contributed by atoms with Crippen molar-refractivity contribution in [2.75, 3.05) is 0 Å². The molecule has 0 fully saturated rings. The van der Waals surface area contributed by atoms with Crippen molar-refractivity contribution in [3.05, 3.63) is 48.1 Å². The molecule has 0 saturated heterocycles. The molecular weight excluding hydrogens is 158 g/mol. The smallest absolute Gasteiger partial charge is 0.0716 e. The van der Waals surface area contributed by atoms with E-state index in [1.165, 1.54) is 11.1 Å². The molecule has 3 rings (SSSR count). The van der Waals surface area contributed by atoms with Gasteiger partial charge in [0.1, 0.15) is 0 Å². The Kier molecular flexibility index (Phi) is 1.28. The molecule has 0 atom stereocenters. The maximum absolute atomic E-state index is 4.54. The number of hydrogen-bond acceptors (Lipinski definition) is 1. The number of hydrogen-bond donors (Lipinski definition) is 0. The van der Waals surface area contributed by atoms with Gasteiger partial charge >= 0.3 is 0 Å². The van der Waals surface area contributed by atoms with Gasteiger partial charge in [-0.3, -0.25) is 0 Å². The molecule has 0 unspecified atom stereocenters. The first kappa shape index (κ1) is 6.84. The quantitative estimate of drug-likeness (QED) is 0.563. The van der Waals surface area contributed by atoms with E-state index in [4.69, 9.17) is 0 Å². The third-order valence-electron chi connectivity index (χ3n) is 2.44. The van der Waals surface area contributed by atoms with Crippen molar-refractivity contribution in [2.45, 2.75) is 6.42 Å². The van der Waals surface area contributed by atoms with E-state index >= 15 is 0 Å². The van der Waals surface area contributed by atoms with Crippen LogP contribution < -0.4 is 0 Å². The van der Waals surface area contributed by atoms with Crippen LogP contribution in [-0.2, 0) is 0 Å². The number of aliphatic imine (C=N–C) groups is 1. The van der Waals surface area contributed by atoms with E-state index in [0.717, 1.165) is 17.8 Å². The van der Waals surface area contributed by atoms with Crippen LogP contribution in [0.15, 0.2) is 47.5 Å². The predicted molar refractivity (Wildman–Crippen MR) is 55.3 cm³/mol. The average molecular weight is 167 g/mol. The topological polar surface area (TPSA) is 12.4 Å². The molecule has 0 spiro atoms. The zero-order chi connectivity index (χ0) is 8.67. The minimum Gasteiger partial charge on any atom is -0.248 e. The number of benzene rings is 1. The van der Waals surface area contributed by atoms with Crippen molar-refractivity contribution in [2.24, 2.45) is 4.99 Å². The molecule has 1 aliphatic carbocycles. The zero-order valence-electron chi connectivity index (χ0n) is 7.20. The second-order valence-electron chi connectivity index (χ2n) is 3.27. The van der Waals surface area contributed by atoms with Crippen LogP contribution in [0.4, 0.5) is 5.69 Å². The Morgan fingerprint density at radius 2 is 2.08 bits per heavy atom. The summed E-state index contributed by atoms with van der Waals surface area (Å²) in [7, 11) is 0. The normalized spacial score (nSPS) is 17.5. The fraction of sp³-hybridized carbons (Fsp3) is 0.0833. The molecule has 1 aliphatic heterocycles. The van der Waals surface area contributed by atoms with Crippen LogP contribution in [0.1, 0.15) is 12.0 Å². The SMILES string of the molecule is C1=CC2=Nc3ccccc3C2=CC1. The Labute approximate surface area is 77.1 Å². The van der Waals surface area contributed by atoms with Gasteiger partial charge in [-0.05, 0) is 18.6 Å². The molecule has 62 valence electrons. The third-order valence-corrected chi connectivity index (χ3v) is 2.44. The fourth-order valence-corrected chi connectivity index (χ4v) is 1.83. The third kappa shape index (κ3) is 0.903. The van der Waals surface area contributed by atoms with Gasteiger partial charge in [-0.15, -0.1) is 0 Å². The highest BCUT2D eigenvalue weighted by Gasteiger charge is 2.18. The number of fused-ring (bicyclic) bond motifs is 3. The summed E-state index contributed by atoms with van der Waals surface area (Å²) in [6.07, 6.45) is 7.52. The van der Waals surface area contributed by atoms with E-state index in [1.807, 2.05) is 6.07 Å². The monoisotopic (exact) mass is 167 g/mol.